The molecule has 2 atom stereocenters. The molecule has 2 amide bonds. The molecule has 2 aliphatic heterocycles. The minimum Gasteiger partial charge on any atom is -0.477 e. The fourth-order valence-electron chi connectivity index (χ4n) is 3.00. The average molecular weight is 546 g/mol. The van der Waals surface area contributed by atoms with Crippen molar-refractivity contribution >= 4 is 73.8 Å². The molecule has 3 rings (SSSR count). The van der Waals surface area contributed by atoms with Gasteiger partial charge in [-0.05, 0) is 17.7 Å². The fourth-order valence-corrected chi connectivity index (χ4v) is 5.54. The first-order valence-electron chi connectivity index (χ1n) is 8.92. The van der Waals surface area contributed by atoms with E-state index < -0.39 is 40.7 Å². The van der Waals surface area contributed by atoms with Gasteiger partial charge in [-0.15, -0.1) is 11.8 Å². The third-order valence-corrected chi connectivity index (χ3v) is 7.22. The van der Waals surface area contributed by atoms with Crippen LogP contribution in [-0.2, 0) is 24.0 Å². The van der Waals surface area contributed by atoms with Crippen molar-refractivity contribution in [1.82, 2.24) is 10.2 Å². The Bertz CT molecular complexity index is 1020. The lowest BCUT2D eigenvalue weighted by molar-refractivity contribution is -0.150. The Morgan fingerprint density at radius 3 is 2.78 bits per heavy atom. The average Bonchev–Trinajstić information content (AvgIpc) is 3.33. The van der Waals surface area contributed by atoms with Gasteiger partial charge >= 0.3 is 5.97 Å². The molecule has 0 aliphatic carbocycles. The summed E-state index contributed by atoms with van der Waals surface area (Å²) in [5.74, 6) is -3.06. The molecular weight excluding hydrogens is 530 g/mol. The number of β-lactam (4-membered cyclic amide) rings is 1. The number of rotatable bonds is 9. The molecule has 0 aromatic carbocycles. The molecule has 0 saturated carbocycles. The van der Waals surface area contributed by atoms with Crippen LogP contribution in [0, 0.1) is 0 Å². The summed E-state index contributed by atoms with van der Waals surface area (Å²) < 4.78 is 5.03. The third-order valence-electron chi connectivity index (χ3n) is 4.42. The van der Waals surface area contributed by atoms with Crippen molar-refractivity contribution in [3.8, 4) is 0 Å². The number of carboxylic acids is 1. The van der Waals surface area contributed by atoms with Gasteiger partial charge in [-0.2, -0.15) is 0 Å². The first-order chi connectivity index (χ1) is 15.3. The van der Waals surface area contributed by atoms with Crippen LogP contribution in [-0.4, -0.2) is 79.8 Å². The highest BCUT2D eigenvalue weighted by molar-refractivity contribution is 9.09. The molecule has 0 bridgehead atoms. The molecule has 1 saturated heterocycles. The summed E-state index contributed by atoms with van der Waals surface area (Å²) in [5, 5.41) is 14.3. The molecule has 14 heteroatoms. The van der Waals surface area contributed by atoms with Crippen LogP contribution in [0.2, 0.25) is 0 Å². The molecule has 1 unspecified atom stereocenters. The van der Waals surface area contributed by atoms with Crippen molar-refractivity contribution in [2.75, 3.05) is 23.9 Å². The number of hydrogen-bond acceptors (Lipinski definition) is 10. The minimum atomic E-state index is -1.31. The van der Waals surface area contributed by atoms with Crippen LogP contribution in [0.15, 0.2) is 39.2 Å². The fraction of sp³-hybridized carbons (Fsp3) is 0.333. The monoisotopic (exact) mass is 545 g/mol. The molecule has 0 spiro atoms. The number of oxime groups is 1. The number of carbonyl (C=O) groups is 5. The van der Waals surface area contributed by atoms with E-state index in [0.717, 1.165) is 16.7 Å². The number of halogens is 1. The molecule has 1 fully saturated rings. The molecule has 170 valence electrons. The maximum absolute atomic E-state index is 12.7. The first kappa shape index (κ1) is 24.1. The molecule has 1 aromatic heterocycles. The van der Waals surface area contributed by atoms with Gasteiger partial charge in [-0.3, -0.25) is 24.1 Å². The second kappa shape index (κ2) is 10.4. The van der Waals surface area contributed by atoms with Crippen LogP contribution in [0.4, 0.5) is 0 Å². The maximum atomic E-state index is 12.7. The molecule has 0 radical (unpaired) electrons. The number of furan rings is 1. The lowest BCUT2D eigenvalue weighted by atomic mass is 10.0. The number of carboxylic acid groups (broad SMARTS) is 1. The zero-order valence-electron chi connectivity index (χ0n) is 16.4. The normalized spacial score (nSPS) is 20.4. The number of alkyl halides is 1. The van der Waals surface area contributed by atoms with E-state index in [4.69, 9.17) is 4.42 Å². The predicted octanol–water partition coefficient (Wildman–Crippen LogP) is 0.858. The summed E-state index contributed by atoms with van der Waals surface area (Å²) in [5.41, 5.74) is -0.330. The largest absolute Gasteiger partial charge is 0.477 e. The third kappa shape index (κ3) is 4.76. The Morgan fingerprint density at radius 2 is 2.19 bits per heavy atom. The van der Waals surface area contributed by atoms with Gasteiger partial charge in [0.15, 0.2) is 5.76 Å². The van der Waals surface area contributed by atoms with Crippen molar-refractivity contribution in [2.45, 2.75) is 11.4 Å². The molecule has 11 nitrogen and oxygen atoms in total. The molecular formula is C18H16BrN3O8S2. The van der Waals surface area contributed by atoms with Gasteiger partial charge in [-0.25, -0.2) is 4.79 Å². The van der Waals surface area contributed by atoms with Crippen molar-refractivity contribution in [3.63, 3.8) is 0 Å². The van der Waals surface area contributed by atoms with Gasteiger partial charge in [-0.1, -0.05) is 32.8 Å². The smallest absolute Gasteiger partial charge is 0.352 e. The van der Waals surface area contributed by atoms with Gasteiger partial charge < -0.3 is 19.7 Å². The van der Waals surface area contributed by atoms with Crippen LogP contribution in [0.1, 0.15) is 10.6 Å². The topological polar surface area (TPSA) is 156 Å². The zero-order chi connectivity index (χ0) is 23.4. The van der Waals surface area contributed by atoms with E-state index >= 15 is 0 Å². The van der Waals surface area contributed by atoms with Crippen LogP contribution in [0.25, 0.3) is 0 Å². The van der Waals surface area contributed by atoms with Crippen molar-refractivity contribution < 1.29 is 38.3 Å². The summed E-state index contributed by atoms with van der Waals surface area (Å²) in [6.07, 6.45) is 1.36. The van der Waals surface area contributed by atoms with E-state index in [2.05, 4.69) is 31.2 Å². The molecule has 32 heavy (non-hydrogen) atoms. The minimum absolute atomic E-state index is 0.0616. The summed E-state index contributed by atoms with van der Waals surface area (Å²) in [7, 11) is 1.17. The summed E-state index contributed by atoms with van der Waals surface area (Å²) in [6, 6.07) is 2.03. The number of thioether (sulfide) groups is 2. The standard InChI is InChI=1S/C18H16BrN3O8S2/c1-29-21-11(9(23)5-19)14(24)20-12-15(25)22-13(17(26)27)8(6-31-16(12)22)7-32-18(28)10-3-2-4-30-10/h2-4,12,16H,5-7H2,1H3,(H,20,24)(H,26,27)/b21-11-/t12?,16-/m0/s1. The number of amides is 2. The van der Waals surface area contributed by atoms with Crippen LogP contribution >= 0.6 is 39.5 Å². The molecule has 2 N–H and O–H groups in total. The SMILES string of the molecule is CO/N=C(/C(=O)CBr)C(=O)NC1C(=O)N2C(C(=O)O)=C(CSC(=O)c3ccco3)CS[C@@H]12. The Hall–Kier alpha value is -2.58. The number of Topliss-reactive ketones (excluding diaryl/α,β-unsaturated/α-hetero) is 1. The molecule has 3 heterocycles. The van der Waals surface area contributed by atoms with Gasteiger partial charge in [0.2, 0.25) is 11.5 Å². The zero-order valence-corrected chi connectivity index (χ0v) is 19.6. The van der Waals surface area contributed by atoms with Gasteiger partial charge in [0.1, 0.15) is 24.2 Å². The number of hydrogen-bond donors (Lipinski definition) is 2. The number of carbonyl (C=O) groups excluding carboxylic acids is 4. The number of ketones is 1. The number of nitrogens with one attached hydrogen (secondary N) is 1. The van der Waals surface area contributed by atoms with Gasteiger partial charge in [0.25, 0.3) is 16.9 Å². The lowest BCUT2D eigenvalue weighted by Crippen LogP contribution is -2.71. The van der Waals surface area contributed by atoms with E-state index in [1.54, 1.807) is 6.07 Å². The van der Waals surface area contributed by atoms with Crippen molar-refractivity contribution in [2.24, 2.45) is 5.16 Å². The summed E-state index contributed by atoms with van der Waals surface area (Å²) in [4.78, 5) is 66.5. The van der Waals surface area contributed by atoms with Crippen molar-refractivity contribution in [1.29, 1.82) is 0 Å². The van der Waals surface area contributed by atoms with E-state index in [1.165, 1.54) is 31.2 Å². The maximum Gasteiger partial charge on any atom is 0.352 e. The quantitative estimate of drug-likeness (QED) is 0.150. The van der Waals surface area contributed by atoms with Crippen molar-refractivity contribution in [3.05, 3.63) is 35.4 Å². The second-order valence-corrected chi connectivity index (χ2v) is 8.96. The number of fused-ring (bicyclic) bond motifs is 1. The van der Waals surface area contributed by atoms with Gasteiger partial charge in [0, 0.05) is 11.5 Å². The van der Waals surface area contributed by atoms with E-state index in [0.29, 0.717) is 5.57 Å². The Labute approximate surface area is 198 Å². The number of aliphatic carboxylic acids is 1. The Balaban J connectivity index is 1.73. The first-order valence-corrected chi connectivity index (χ1v) is 12.1. The Morgan fingerprint density at radius 1 is 1.44 bits per heavy atom. The predicted molar refractivity (Wildman–Crippen MR) is 118 cm³/mol. The highest BCUT2D eigenvalue weighted by Gasteiger charge is 2.54. The van der Waals surface area contributed by atoms with E-state index in [-0.39, 0.29) is 33.4 Å². The second-order valence-electron chi connectivity index (χ2n) is 6.35. The lowest BCUT2D eigenvalue weighted by Gasteiger charge is -2.49. The highest BCUT2D eigenvalue weighted by atomic mass is 79.9. The molecule has 1 aromatic rings. The highest BCUT2D eigenvalue weighted by Crippen LogP contribution is 2.41. The van der Waals surface area contributed by atoms with Crippen LogP contribution in [0.3, 0.4) is 0 Å². The van der Waals surface area contributed by atoms with Gasteiger partial charge in [0.05, 0.1) is 11.6 Å². The Kier molecular flexibility index (Phi) is 7.79. The van der Waals surface area contributed by atoms with E-state index in [1.807, 2.05) is 0 Å². The summed E-state index contributed by atoms with van der Waals surface area (Å²) >= 11 is 5.05. The van der Waals surface area contributed by atoms with Crippen LogP contribution in [0.5, 0.6) is 0 Å². The number of nitrogens with zero attached hydrogens (tertiary/aromatic N) is 2. The van der Waals surface area contributed by atoms with Crippen LogP contribution < -0.4 is 5.32 Å². The van der Waals surface area contributed by atoms with E-state index in [9.17, 15) is 29.1 Å². The molecule has 2 aliphatic rings. The summed E-state index contributed by atoms with van der Waals surface area (Å²) in [6.45, 7) is 0.